The molecule has 2 bridgehead atoms. The molecule has 0 saturated carbocycles. The Hall–Kier alpha value is -3.43. The number of rotatable bonds is 5. The molecule has 1 N–H and O–H groups in total. The van der Waals surface area contributed by atoms with Gasteiger partial charge in [0.1, 0.15) is 5.75 Å². The summed E-state index contributed by atoms with van der Waals surface area (Å²) in [4.78, 5) is 24.9. The van der Waals surface area contributed by atoms with Crippen LogP contribution in [0.15, 0.2) is 76.4 Å². The molecule has 0 spiro atoms. The summed E-state index contributed by atoms with van der Waals surface area (Å²) in [6, 6.07) is 18.2. The number of hydrogen-bond acceptors (Lipinski definition) is 5. The second-order valence-electron chi connectivity index (χ2n) is 8.73. The van der Waals surface area contributed by atoms with Gasteiger partial charge in [-0.2, -0.15) is 4.31 Å². The Morgan fingerprint density at radius 3 is 2.53 bits per heavy atom. The van der Waals surface area contributed by atoms with E-state index in [0.29, 0.717) is 36.6 Å². The number of amides is 1. The average molecular weight is 480 g/mol. The van der Waals surface area contributed by atoms with Crippen LogP contribution in [0, 0.1) is 5.92 Å². The molecule has 34 heavy (non-hydrogen) atoms. The molecule has 3 aromatic rings. The van der Waals surface area contributed by atoms with Crippen molar-refractivity contribution in [3.8, 4) is 5.75 Å². The number of ether oxygens (including phenoxy) is 1. The molecule has 3 heterocycles. The van der Waals surface area contributed by atoms with Crippen molar-refractivity contribution in [2.75, 3.05) is 25.5 Å². The molecule has 9 heteroatoms. The zero-order valence-electron chi connectivity index (χ0n) is 18.7. The van der Waals surface area contributed by atoms with Crippen molar-refractivity contribution in [1.29, 1.82) is 0 Å². The maximum atomic E-state index is 13.4. The number of benzene rings is 2. The minimum absolute atomic E-state index is 0.00222. The summed E-state index contributed by atoms with van der Waals surface area (Å²) in [5.41, 5.74) is 1.81. The number of hydrogen-bond donors (Lipinski definition) is 1. The van der Waals surface area contributed by atoms with Crippen LogP contribution >= 0.6 is 0 Å². The highest BCUT2D eigenvalue weighted by molar-refractivity contribution is 7.89. The molecule has 2 aliphatic rings. The van der Waals surface area contributed by atoms with Gasteiger partial charge in [-0.1, -0.05) is 12.1 Å². The second-order valence-corrected chi connectivity index (χ2v) is 10.7. The highest BCUT2D eigenvalue weighted by Crippen LogP contribution is 2.37. The zero-order chi connectivity index (χ0) is 23.9. The number of methoxy groups -OCH3 is 1. The summed E-state index contributed by atoms with van der Waals surface area (Å²) in [6.07, 6.45) is 0.880. The monoisotopic (exact) mass is 479 g/mol. The fourth-order valence-electron chi connectivity index (χ4n) is 4.88. The number of pyridine rings is 1. The summed E-state index contributed by atoms with van der Waals surface area (Å²) < 4.78 is 35.2. The molecule has 2 aliphatic heterocycles. The Morgan fingerprint density at radius 2 is 1.76 bits per heavy atom. The Kier molecular flexibility index (Phi) is 5.75. The maximum absolute atomic E-state index is 13.4. The van der Waals surface area contributed by atoms with Gasteiger partial charge in [0.05, 0.1) is 12.0 Å². The summed E-state index contributed by atoms with van der Waals surface area (Å²) in [5.74, 6) is 0.361. The first-order valence-electron chi connectivity index (χ1n) is 11.1. The number of fused-ring (bicyclic) bond motifs is 4. The van der Waals surface area contributed by atoms with Gasteiger partial charge >= 0.3 is 0 Å². The van der Waals surface area contributed by atoms with Gasteiger partial charge in [0.25, 0.3) is 11.5 Å². The van der Waals surface area contributed by atoms with Crippen LogP contribution < -0.4 is 15.6 Å². The van der Waals surface area contributed by atoms with E-state index in [-0.39, 0.29) is 28.2 Å². The first-order chi connectivity index (χ1) is 16.3. The summed E-state index contributed by atoms with van der Waals surface area (Å²) >= 11 is 0. The van der Waals surface area contributed by atoms with Gasteiger partial charge in [-0.25, -0.2) is 8.42 Å². The van der Waals surface area contributed by atoms with Gasteiger partial charge < -0.3 is 14.6 Å². The van der Waals surface area contributed by atoms with Gasteiger partial charge in [0, 0.05) is 48.6 Å². The summed E-state index contributed by atoms with van der Waals surface area (Å²) in [5, 5.41) is 2.78. The standard InChI is InChI=1S/C25H25N3O5S/c1-33-21-5-2-4-18(13-21)25(30)26-20-8-10-22(11-9-20)34(31,32)27-14-17-12-19(16-27)23-6-3-7-24(29)28(23)15-17/h2-11,13,17,19H,12,14-16H2,1H3,(H,26,30)/t17-,19-/m1/s1. The number of sulfonamides is 1. The fraction of sp³-hybridized carbons (Fsp3) is 0.280. The van der Waals surface area contributed by atoms with Crippen molar-refractivity contribution in [2.45, 2.75) is 23.8 Å². The third-order valence-electron chi connectivity index (χ3n) is 6.53. The van der Waals surface area contributed by atoms with Crippen molar-refractivity contribution in [1.82, 2.24) is 8.87 Å². The highest BCUT2D eigenvalue weighted by atomic mass is 32.2. The van der Waals surface area contributed by atoms with Gasteiger partial charge in [-0.05, 0) is 60.9 Å². The van der Waals surface area contributed by atoms with Crippen LogP contribution in [0.1, 0.15) is 28.4 Å². The van der Waals surface area contributed by atoms with E-state index in [4.69, 9.17) is 4.74 Å². The van der Waals surface area contributed by atoms with Crippen LogP contribution in [0.3, 0.4) is 0 Å². The molecule has 2 atom stereocenters. The van der Waals surface area contributed by atoms with Crippen molar-refractivity contribution in [2.24, 2.45) is 5.92 Å². The lowest BCUT2D eigenvalue weighted by atomic mass is 9.84. The van der Waals surface area contributed by atoms with Crippen LogP contribution in [0.4, 0.5) is 5.69 Å². The Labute approximate surface area is 197 Å². The van der Waals surface area contributed by atoms with E-state index in [9.17, 15) is 18.0 Å². The minimum Gasteiger partial charge on any atom is -0.497 e. The molecule has 0 unspecified atom stereocenters. The lowest BCUT2D eigenvalue weighted by molar-refractivity contribution is 0.102. The fourth-order valence-corrected chi connectivity index (χ4v) is 6.44. The van der Waals surface area contributed by atoms with Gasteiger partial charge in [0.15, 0.2) is 0 Å². The van der Waals surface area contributed by atoms with E-state index in [1.807, 2.05) is 6.07 Å². The molecular formula is C25H25N3O5S. The molecule has 1 fully saturated rings. The normalized spacial score (nSPS) is 19.8. The second kappa shape index (κ2) is 8.73. The molecule has 5 rings (SSSR count). The number of nitrogens with one attached hydrogen (secondary N) is 1. The predicted molar refractivity (Wildman–Crippen MR) is 128 cm³/mol. The van der Waals surface area contributed by atoms with Crippen LogP contribution in [0.25, 0.3) is 0 Å². The van der Waals surface area contributed by atoms with Crippen molar-refractivity contribution >= 4 is 21.6 Å². The number of nitrogens with zero attached hydrogens (tertiary/aromatic N) is 2. The molecular weight excluding hydrogens is 454 g/mol. The number of aromatic nitrogens is 1. The van der Waals surface area contributed by atoms with E-state index >= 15 is 0 Å². The quantitative estimate of drug-likeness (QED) is 0.607. The molecule has 176 valence electrons. The van der Waals surface area contributed by atoms with E-state index < -0.39 is 10.0 Å². The van der Waals surface area contributed by atoms with E-state index in [0.717, 1.165) is 12.1 Å². The first-order valence-corrected chi connectivity index (χ1v) is 12.5. The van der Waals surface area contributed by atoms with Crippen LogP contribution in [-0.2, 0) is 16.6 Å². The number of carbonyl (C=O) groups excluding carboxylic acids is 1. The molecule has 8 nitrogen and oxygen atoms in total. The van der Waals surface area contributed by atoms with Crippen LogP contribution in [-0.4, -0.2) is 43.4 Å². The highest BCUT2D eigenvalue weighted by Gasteiger charge is 2.39. The van der Waals surface area contributed by atoms with Gasteiger partial charge in [-0.3, -0.25) is 9.59 Å². The SMILES string of the molecule is COc1cccc(C(=O)Nc2ccc(S(=O)(=O)N3C[C@H]4C[C@H](C3)c3cccc(=O)n3C4)cc2)c1. The zero-order valence-corrected chi connectivity index (χ0v) is 19.5. The molecule has 0 radical (unpaired) electrons. The van der Waals surface area contributed by atoms with E-state index in [1.165, 1.54) is 23.5 Å². The van der Waals surface area contributed by atoms with Crippen LogP contribution in [0.5, 0.6) is 5.75 Å². The topological polar surface area (TPSA) is 97.7 Å². The third kappa shape index (κ3) is 4.12. The summed E-state index contributed by atoms with van der Waals surface area (Å²) in [6.45, 7) is 1.26. The lowest BCUT2D eigenvalue weighted by Crippen LogP contribution is -2.48. The van der Waals surface area contributed by atoms with Gasteiger partial charge in [-0.15, -0.1) is 0 Å². The minimum atomic E-state index is -3.71. The smallest absolute Gasteiger partial charge is 0.255 e. The average Bonchev–Trinajstić information content (AvgIpc) is 2.85. The van der Waals surface area contributed by atoms with E-state index in [2.05, 4.69) is 5.32 Å². The Bertz CT molecular complexity index is 1400. The van der Waals surface area contributed by atoms with Gasteiger partial charge in [0.2, 0.25) is 10.0 Å². The largest absolute Gasteiger partial charge is 0.497 e. The molecule has 2 aromatic carbocycles. The maximum Gasteiger partial charge on any atom is 0.255 e. The molecule has 1 saturated heterocycles. The van der Waals surface area contributed by atoms with E-state index in [1.54, 1.807) is 53.1 Å². The molecule has 1 aromatic heterocycles. The molecule has 1 amide bonds. The lowest BCUT2D eigenvalue weighted by Gasteiger charge is -2.42. The first kappa shape index (κ1) is 22.4. The van der Waals surface area contributed by atoms with Crippen molar-refractivity contribution in [3.05, 3.63) is 88.3 Å². The number of carbonyl (C=O) groups is 1. The van der Waals surface area contributed by atoms with Crippen LogP contribution in [0.2, 0.25) is 0 Å². The summed E-state index contributed by atoms with van der Waals surface area (Å²) in [7, 11) is -2.17. The Balaban J connectivity index is 1.32. The number of piperidine rings is 1. The molecule has 0 aliphatic carbocycles. The van der Waals surface area contributed by atoms with Crippen molar-refractivity contribution < 1.29 is 17.9 Å². The van der Waals surface area contributed by atoms with Crippen molar-refractivity contribution in [3.63, 3.8) is 0 Å². The third-order valence-corrected chi connectivity index (χ3v) is 8.37. The predicted octanol–water partition coefficient (Wildman–Crippen LogP) is 2.92. The number of anilines is 1. The Morgan fingerprint density at radius 1 is 1.00 bits per heavy atom.